The summed E-state index contributed by atoms with van der Waals surface area (Å²) in [5.41, 5.74) is 0.856. The van der Waals surface area contributed by atoms with Crippen LogP contribution in [-0.4, -0.2) is 25.7 Å². The van der Waals surface area contributed by atoms with Gasteiger partial charge in [0.25, 0.3) is 5.91 Å². The number of nitrogens with one attached hydrogen (secondary N) is 1. The fourth-order valence-electron chi connectivity index (χ4n) is 1.04. The highest BCUT2D eigenvalue weighted by atomic mass is 16.4. The van der Waals surface area contributed by atoms with Gasteiger partial charge in [-0.25, -0.2) is 0 Å². The molecule has 0 aliphatic heterocycles. The summed E-state index contributed by atoms with van der Waals surface area (Å²) < 4.78 is 5.28. The number of amides is 1. The maximum atomic E-state index is 11.2. The Bertz CT molecular complexity index is 440. The van der Waals surface area contributed by atoms with E-state index < -0.39 is 0 Å². The van der Waals surface area contributed by atoms with E-state index >= 15 is 0 Å². The smallest absolute Gasteiger partial charge is 0.286 e. The van der Waals surface area contributed by atoms with Crippen LogP contribution in [0.2, 0.25) is 0 Å². The fourth-order valence-corrected chi connectivity index (χ4v) is 1.04. The number of hydrogen-bond donors (Lipinski definition) is 1. The summed E-state index contributed by atoms with van der Waals surface area (Å²) in [5, 5.41) is 2.48. The molecule has 4 heteroatoms. The second-order valence-corrected chi connectivity index (χ2v) is 3.62. The van der Waals surface area contributed by atoms with Gasteiger partial charge >= 0.3 is 0 Å². The summed E-state index contributed by atoms with van der Waals surface area (Å²) in [6.45, 7) is 10.4. The van der Waals surface area contributed by atoms with E-state index in [-0.39, 0.29) is 11.7 Å². The van der Waals surface area contributed by atoms with Crippen LogP contribution in [0.1, 0.15) is 56.0 Å². The first-order valence-corrected chi connectivity index (χ1v) is 6.86. The quantitative estimate of drug-likeness (QED) is 0.680. The lowest BCUT2D eigenvalue weighted by Gasteiger charge is -1.91. The Kier molecular flexibility index (Phi) is 13.6. The van der Waals surface area contributed by atoms with Crippen LogP contribution in [-0.2, 0) is 0 Å². The van der Waals surface area contributed by atoms with Gasteiger partial charge in [0.2, 0.25) is 0 Å². The van der Waals surface area contributed by atoms with Crippen molar-refractivity contribution in [2.45, 2.75) is 41.0 Å². The number of carbonyl (C=O) groups is 1. The average molecular weight is 278 g/mol. The molecule has 1 aromatic heterocycles. The topological polar surface area (TPSA) is 54.6 Å². The second kappa shape index (κ2) is 13.4. The molecule has 1 aromatic rings. The summed E-state index contributed by atoms with van der Waals surface area (Å²) in [5.74, 6) is 2.96. The number of nitrogens with zero attached hydrogens (tertiary/aromatic N) is 1. The van der Waals surface area contributed by atoms with Crippen molar-refractivity contribution in [3.05, 3.63) is 23.2 Å². The molecule has 0 unspecified atom stereocenters. The van der Waals surface area contributed by atoms with Gasteiger partial charge in [-0.05, 0) is 18.6 Å². The van der Waals surface area contributed by atoms with Crippen LogP contribution in [0.15, 0.2) is 15.5 Å². The molecule has 0 atom stereocenters. The van der Waals surface area contributed by atoms with Gasteiger partial charge in [-0.1, -0.05) is 40.0 Å². The van der Waals surface area contributed by atoms with Gasteiger partial charge in [-0.3, -0.25) is 9.79 Å². The van der Waals surface area contributed by atoms with E-state index in [9.17, 15) is 4.79 Å². The van der Waals surface area contributed by atoms with Crippen molar-refractivity contribution in [3.63, 3.8) is 0 Å². The lowest BCUT2D eigenvalue weighted by atomic mass is 10.3. The second-order valence-electron chi connectivity index (χ2n) is 3.62. The van der Waals surface area contributed by atoms with E-state index in [1.54, 1.807) is 13.1 Å². The van der Waals surface area contributed by atoms with Crippen LogP contribution < -0.4 is 5.32 Å². The molecule has 0 aliphatic carbocycles. The van der Waals surface area contributed by atoms with E-state index in [1.807, 2.05) is 20.8 Å². The number of aryl methyl sites for hydroxylation is 1. The Morgan fingerprint density at radius 1 is 1.50 bits per heavy atom. The maximum Gasteiger partial charge on any atom is 0.286 e. The van der Waals surface area contributed by atoms with E-state index in [2.05, 4.69) is 30.1 Å². The standard InChI is InChI=1S/C11H12N2O2.C3H8.C2H6/c1-4-5-13-7-10-8(2)6-9(15-10)11(14)12-3;1-3-2;1-2/h1,6-7H,5H2,2-3H3,(H,12,14);3H2,1-2H3;1-2H3. The molecule has 1 amide bonds. The Balaban J connectivity index is 0. The molecule has 0 aromatic carbocycles. The van der Waals surface area contributed by atoms with Gasteiger partial charge in [-0.15, -0.1) is 6.42 Å². The molecule has 0 saturated heterocycles. The molecule has 0 bridgehead atoms. The third-order valence-electron chi connectivity index (χ3n) is 1.80. The summed E-state index contributed by atoms with van der Waals surface area (Å²) >= 11 is 0. The van der Waals surface area contributed by atoms with E-state index in [0.29, 0.717) is 12.3 Å². The summed E-state index contributed by atoms with van der Waals surface area (Å²) in [6, 6.07) is 1.66. The minimum atomic E-state index is -0.255. The van der Waals surface area contributed by atoms with Crippen molar-refractivity contribution < 1.29 is 9.21 Å². The number of carbonyl (C=O) groups excluding carboxylic acids is 1. The summed E-state index contributed by atoms with van der Waals surface area (Å²) in [4.78, 5) is 15.2. The van der Waals surface area contributed by atoms with Gasteiger partial charge in [0, 0.05) is 7.05 Å². The van der Waals surface area contributed by atoms with Crippen molar-refractivity contribution in [1.29, 1.82) is 0 Å². The average Bonchev–Trinajstić information content (AvgIpc) is 2.83. The molecule has 20 heavy (non-hydrogen) atoms. The number of terminal acetylenes is 1. The molecular formula is C16H26N2O2. The van der Waals surface area contributed by atoms with Gasteiger partial charge in [0.1, 0.15) is 5.76 Å². The zero-order valence-corrected chi connectivity index (χ0v) is 13.4. The largest absolute Gasteiger partial charge is 0.450 e. The number of rotatable bonds is 3. The first kappa shape index (κ1) is 20.3. The van der Waals surface area contributed by atoms with Crippen LogP contribution >= 0.6 is 0 Å². The highest BCUT2D eigenvalue weighted by Gasteiger charge is 2.11. The first-order valence-electron chi connectivity index (χ1n) is 6.86. The molecule has 4 nitrogen and oxygen atoms in total. The molecule has 0 radical (unpaired) electrons. The van der Waals surface area contributed by atoms with Crippen LogP contribution in [0.3, 0.4) is 0 Å². The van der Waals surface area contributed by atoms with Gasteiger partial charge in [0.05, 0.1) is 12.8 Å². The van der Waals surface area contributed by atoms with E-state index in [4.69, 9.17) is 10.8 Å². The molecule has 0 spiro atoms. The molecule has 0 fully saturated rings. The first-order chi connectivity index (χ1) is 9.60. The predicted octanol–water partition coefficient (Wildman–Crippen LogP) is 3.44. The molecule has 1 heterocycles. The van der Waals surface area contributed by atoms with E-state index in [1.165, 1.54) is 12.6 Å². The Labute approximate surface area is 122 Å². The molecule has 0 aliphatic rings. The fraction of sp³-hybridized carbons (Fsp3) is 0.500. The minimum absolute atomic E-state index is 0.255. The monoisotopic (exact) mass is 278 g/mol. The van der Waals surface area contributed by atoms with Crippen LogP contribution in [0, 0.1) is 19.3 Å². The van der Waals surface area contributed by atoms with E-state index in [0.717, 1.165) is 5.56 Å². The highest BCUT2D eigenvalue weighted by molar-refractivity contribution is 5.92. The van der Waals surface area contributed by atoms with Gasteiger partial charge < -0.3 is 9.73 Å². The third kappa shape index (κ3) is 8.15. The normalized spacial score (nSPS) is 8.85. The molecule has 1 rings (SSSR count). The van der Waals surface area contributed by atoms with Crippen molar-refractivity contribution in [2.75, 3.05) is 13.6 Å². The number of hydrogen-bond acceptors (Lipinski definition) is 3. The zero-order chi connectivity index (χ0) is 16.0. The SMILES string of the molecule is C#CCN=Cc1oc(C(=O)NC)cc1C.CC.CCC. The Morgan fingerprint density at radius 2 is 2.05 bits per heavy atom. The van der Waals surface area contributed by atoms with Crippen molar-refractivity contribution in [2.24, 2.45) is 4.99 Å². The predicted molar refractivity (Wildman–Crippen MR) is 85.4 cm³/mol. The maximum absolute atomic E-state index is 11.2. The lowest BCUT2D eigenvalue weighted by molar-refractivity contribution is 0.0935. The van der Waals surface area contributed by atoms with Crippen molar-refractivity contribution in [1.82, 2.24) is 5.32 Å². The van der Waals surface area contributed by atoms with Crippen molar-refractivity contribution in [3.8, 4) is 12.3 Å². The zero-order valence-electron chi connectivity index (χ0n) is 13.4. The van der Waals surface area contributed by atoms with Gasteiger partial charge in [0.15, 0.2) is 5.76 Å². The highest BCUT2D eigenvalue weighted by Crippen LogP contribution is 2.12. The summed E-state index contributed by atoms with van der Waals surface area (Å²) in [7, 11) is 1.55. The number of furan rings is 1. The van der Waals surface area contributed by atoms with Crippen LogP contribution in [0.25, 0.3) is 0 Å². The third-order valence-corrected chi connectivity index (χ3v) is 1.80. The van der Waals surface area contributed by atoms with Crippen LogP contribution in [0.5, 0.6) is 0 Å². The number of aliphatic imine (C=N–C) groups is 1. The lowest BCUT2D eigenvalue weighted by Crippen LogP contribution is -2.16. The molecule has 0 saturated carbocycles. The molecular weight excluding hydrogens is 252 g/mol. The summed E-state index contributed by atoms with van der Waals surface area (Å²) in [6.07, 6.45) is 7.83. The Morgan fingerprint density at radius 3 is 2.50 bits per heavy atom. The minimum Gasteiger partial charge on any atom is -0.450 e. The molecule has 1 N–H and O–H groups in total. The van der Waals surface area contributed by atoms with Gasteiger partial charge in [-0.2, -0.15) is 0 Å². The Hall–Kier alpha value is -2.02. The van der Waals surface area contributed by atoms with Crippen LogP contribution in [0.4, 0.5) is 0 Å². The molecule has 112 valence electrons. The van der Waals surface area contributed by atoms with Crippen molar-refractivity contribution >= 4 is 12.1 Å².